The summed E-state index contributed by atoms with van der Waals surface area (Å²) in [6, 6.07) is 10.5. The second-order valence-corrected chi connectivity index (χ2v) is 5.96. The second-order valence-electron chi connectivity index (χ2n) is 4.36. The number of thioether (sulfide) groups is 1. The van der Waals surface area contributed by atoms with E-state index in [0.29, 0.717) is 4.87 Å². The van der Waals surface area contributed by atoms with E-state index >= 15 is 0 Å². The third-order valence-corrected chi connectivity index (χ3v) is 4.31. The van der Waals surface area contributed by atoms with Gasteiger partial charge in [-0.15, -0.1) is 11.8 Å². The first-order chi connectivity index (χ1) is 7.79. The smallest absolute Gasteiger partial charge is 0.0620 e. The summed E-state index contributed by atoms with van der Waals surface area (Å²) < 4.78 is 0. The molecule has 0 saturated carbocycles. The lowest BCUT2D eigenvalue weighted by molar-refractivity contribution is 0.511. The summed E-state index contributed by atoms with van der Waals surface area (Å²) in [4.78, 5) is 0.307. The average molecular weight is 233 g/mol. The van der Waals surface area contributed by atoms with E-state index in [1.165, 1.54) is 17.7 Å². The van der Waals surface area contributed by atoms with E-state index in [1.54, 1.807) is 0 Å². The fraction of sp³-hybridized carbons (Fsp3) is 0.429. The lowest BCUT2D eigenvalue weighted by Crippen LogP contribution is -2.33. The standard InChI is InChI=1S/C14H19NS/c1-14(15-11-12-16-14)10-6-5-9-13-7-3-2-4-8-13/h2-5,7-9,15H,6,10-12H2,1H3/b9-5+. The fourth-order valence-corrected chi connectivity index (χ4v) is 3.07. The summed E-state index contributed by atoms with van der Waals surface area (Å²) in [5, 5.41) is 3.56. The van der Waals surface area contributed by atoms with Gasteiger partial charge in [0.1, 0.15) is 0 Å². The van der Waals surface area contributed by atoms with Crippen molar-refractivity contribution in [3.63, 3.8) is 0 Å². The number of rotatable bonds is 4. The third kappa shape index (κ3) is 3.39. The summed E-state index contributed by atoms with van der Waals surface area (Å²) in [6.45, 7) is 3.46. The summed E-state index contributed by atoms with van der Waals surface area (Å²) in [5.74, 6) is 1.25. The predicted molar refractivity (Wildman–Crippen MR) is 73.6 cm³/mol. The van der Waals surface area contributed by atoms with Gasteiger partial charge in [-0.05, 0) is 25.3 Å². The molecule has 0 spiro atoms. The fourth-order valence-electron chi connectivity index (χ4n) is 1.95. The lowest BCUT2D eigenvalue weighted by Gasteiger charge is -2.22. The predicted octanol–water partition coefficient (Wildman–Crippen LogP) is 3.53. The minimum atomic E-state index is 0.307. The van der Waals surface area contributed by atoms with Crippen LogP contribution in [0.15, 0.2) is 36.4 Å². The van der Waals surface area contributed by atoms with Crippen molar-refractivity contribution in [3.05, 3.63) is 42.0 Å². The highest BCUT2D eigenvalue weighted by Gasteiger charge is 2.27. The molecular weight excluding hydrogens is 214 g/mol. The van der Waals surface area contributed by atoms with Gasteiger partial charge >= 0.3 is 0 Å². The van der Waals surface area contributed by atoms with Crippen LogP contribution in [0.2, 0.25) is 0 Å². The zero-order valence-corrected chi connectivity index (χ0v) is 10.6. The van der Waals surface area contributed by atoms with E-state index in [9.17, 15) is 0 Å². The Morgan fingerprint density at radius 2 is 2.19 bits per heavy atom. The molecule has 1 saturated heterocycles. The largest absolute Gasteiger partial charge is 0.302 e. The molecule has 1 atom stereocenters. The van der Waals surface area contributed by atoms with Crippen LogP contribution in [0.25, 0.3) is 6.08 Å². The molecule has 2 heteroatoms. The van der Waals surface area contributed by atoms with Crippen molar-refractivity contribution in [1.29, 1.82) is 0 Å². The van der Waals surface area contributed by atoms with Gasteiger partial charge in [0, 0.05) is 12.3 Å². The Morgan fingerprint density at radius 1 is 1.38 bits per heavy atom. The van der Waals surface area contributed by atoms with E-state index in [1.807, 2.05) is 11.8 Å². The van der Waals surface area contributed by atoms with E-state index in [2.05, 4.69) is 54.7 Å². The van der Waals surface area contributed by atoms with Crippen molar-refractivity contribution < 1.29 is 0 Å². The first-order valence-corrected chi connectivity index (χ1v) is 6.88. The van der Waals surface area contributed by atoms with Crippen molar-refractivity contribution in [2.24, 2.45) is 0 Å². The monoisotopic (exact) mass is 233 g/mol. The molecule has 1 nitrogen and oxygen atoms in total. The van der Waals surface area contributed by atoms with E-state index in [4.69, 9.17) is 0 Å². The molecule has 0 aliphatic carbocycles. The zero-order valence-electron chi connectivity index (χ0n) is 9.78. The Morgan fingerprint density at radius 3 is 2.88 bits per heavy atom. The molecule has 1 aliphatic heterocycles. The summed E-state index contributed by atoms with van der Waals surface area (Å²) >= 11 is 2.05. The maximum absolute atomic E-state index is 3.56. The SMILES string of the molecule is CC1(CC/C=C/c2ccccc2)NCCS1. The number of benzene rings is 1. The van der Waals surface area contributed by atoms with Crippen LogP contribution in [-0.4, -0.2) is 17.2 Å². The molecule has 0 aromatic heterocycles. The van der Waals surface area contributed by atoms with Gasteiger partial charge in [0.2, 0.25) is 0 Å². The van der Waals surface area contributed by atoms with Crippen LogP contribution < -0.4 is 5.32 Å². The first-order valence-electron chi connectivity index (χ1n) is 5.89. The molecule has 1 heterocycles. The minimum Gasteiger partial charge on any atom is -0.302 e. The maximum Gasteiger partial charge on any atom is 0.0620 e. The molecule has 0 radical (unpaired) electrons. The maximum atomic E-state index is 3.56. The molecule has 0 amide bonds. The van der Waals surface area contributed by atoms with Gasteiger partial charge in [-0.3, -0.25) is 0 Å². The van der Waals surface area contributed by atoms with Gasteiger partial charge in [0.15, 0.2) is 0 Å². The van der Waals surface area contributed by atoms with E-state index < -0.39 is 0 Å². The molecule has 1 fully saturated rings. The van der Waals surface area contributed by atoms with Crippen LogP contribution in [0.4, 0.5) is 0 Å². The molecule has 1 unspecified atom stereocenters. The zero-order chi connectivity index (χ0) is 11.3. The molecule has 2 rings (SSSR count). The van der Waals surface area contributed by atoms with Crippen LogP contribution in [0.5, 0.6) is 0 Å². The Balaban J connectivity index is 1.77. The van der Waals surface area contributed by atoms with Gasteiger partial charge in [-0.25, -0.2) is 0 Å². The molecule has 0 bridgehead atoms. The summed E-state index contributed by atoms with van der Waals surface area (Å²) in [6.07, 6.45) is 6.84. The van der Waals surface area contributed by atoms with Crippen LogP contribution >= 0.6 is 11.8 Å². The van der Waals surface area contributed by atoms with E-state index in [-0.39, 0.29) is 0 Å². The molecule has 1 aromatic carbocycles. The number of hydrogen-bond acceptors (Lipinski definition) is 2. The first kappa shape index (κ1) is 11.7. The van der Waals surface area contributed by atoms with Crippen molar-refractivity contribution >= 4 is 17.8 Å². The van der Waals surface area contributed by atoms with Crippen LogP contribution in [0.1, 0.15) is 25.3 Å². The Kier molecular flexibility index (Phi) is 4.08. The Bertz CT molecular complexity index is 339. The normalized spacial score (nSPS) is 25.3. The molecule has 86 valence electrons. The quantitative estimate of drug-likeness (QED) is 0.854. The van der Waals surface area contributed by atoms with Gasteiger partial charge in [-0.2, -0.15) is 0 Å². The molecule has 16 heavy (non-hydrogen) atoms. The Hall–Kier alpha value is -0.730. The highest BCUT2D eigenvalue weighted by molar-refractivity contribution is 8.00. The number of nitrogens with one attached hydrogen (secondary N) is 1. The third-order valence-electron chi connectivity index (χ3n) is 2.92. The van der Waals surface area contributed by atoms with Gasteiger partial charge in [0.25, 0.3) is 0 Å². The van der Waals surface area contributed by atoms with Crippen molar-refractivity contribution in [1.82, 2.24) is 5.32 Å². The highest BCUT2D eigenvalue weighted by atomic mass is 32.2. The van der Waals surface area contributed by atoms with Crippen molar-refractivity contribution in [3.8, 4) is 0 Å². The lowest BCUT2D eigenvalue weighted by atomic mass is 10.1. The second kappa shape index (κ2) is 5.55. The van der Waals surface area contributed by atoms with Crippen LogP contribution in [-0.2, 0) is 0 Å². The minimum absolute atomic E-state index is 0.307. The van der Waals surface area contributed by atoms with Crippen molar-refractivity contribution in [2.45, 2.75) is 24.6 Å². The highest BCUT2D eigenvalue weighted by Crippen LogP contribution is 2.31. The van der Waals surface area contributed by atoms with Gasteiger partial charge < -0.3 is 5.32 Å². The van der Waals surface area contributed by atoms with Crippen LogP contribution in [0.3, 0.4) is 0 Å². The van der Waals surface area contributed by atoms with Gasteiger partial charge in [-0.1, -0.05) is 42.5 Å². The summed E-state index contributed by atoms with van der Waals surface area (Å²) in [5.41, 5.74) is 1.29. The van der Waals surface area contributed by atoms with E-state index in [0.717, 1.165) is 13.0 Å². The molecule has 1 N–H and O–H groups in total. The Labute approximate surface area is 102 Å². The van der Waals surface area contributed by atoms with Gasteiger partial charge in [0.05, 0.1) is 4.87 Å². The topological polar surface area (TPSA) is 12.0 Å². The van der Waals surface area contributed by atoms with Crippen molar-refractivity contribution in [2.75, 3.05) is 12.3 Å². The molecular formula is C14H19NS. The molecule has 1 aliphatic rings. The summed E-state index contributed by atoms with van der Waals surface area (Å²) in [7, 11) is 0. The average Bonchev–Trinajstić information content (AvgIpc) is 2.74. The number of allylic oxidation sites excluding steroid dienone is 1. The van der Waals surface area contributed by atoms with Crippen LogP contribution in [0, 0.1) is 0 Å². The molecule has 1 aromatic rings. The number of hydrogen-bond donors (Lipinski definition) is 1.